The first-order valence-corrected chi connectivity index (χ1v) is 8.59. The number of nitrogens with zero attached hydrogens (tertiary/aromatic N) is 1. The second kappa shape index (κ2) is 7.58. The average Bonchev–Trinajstić information content (AvgIpc) is 3.11. The number of benzene rings is 2. The van der Waals surface area contributed by atoms with Crippen molar-refractivity contribution >= 4 is 28.9 Å². The molecule has 4 nitrogen and oxygen atoms in total. The van der Waals surface area contributed by atoms with Crippen molar-refractivity contribution in [1.29, 1.82) is 0 Å². The zero-order valence-electron chi connectivity index (χ0n) is 13.7. The molecule has 1 heterocycles. The molecule has 0 spiro atoms. The minimum atomic E-state index is -0.642. The zero-order chi connectivity index (χ0) is 16.9. The first-order valence-electron chi connectivity index (χ1n) is 8.21. The van der Waals surface area contributed by atoms with Crippen molar-refractivity contribution < 1.29 is 9.53 Å². The molecular formula is C19H21ClN2O2. The van der Waals surface area contributed by atoms with E-state index in [2.05, 4.69) is 10.2 Å². The van der Waals surface area contributed by atoms with E-state index in [1.54, 1.807) is 19.1 Å². The highest BCUT2D eigenvalue weighted by Gasteiger charge is 2.20. The molecule has 1 saturated heterocycles. The van der Waals surface area contributed by atoms with E-state index in [1.807, 2.05) is 36.4 Å². The van der Waals surface area contributed by atoms with Crippen molar-refractivity contribution in [3.63, 3.8) is 0 Å². The van der Waals surface area contributed by atoms with Crippen molar-refractivity contribution in [2.45, 2.75) is 25.9 Å². The molecule has 1 aliphatic heterocycles. The Balaban J connectivity index is 1.69. The van der Waals surface area contributed by atoms with Gasteiger partial charge in [-0.15, -0.1) is 0 Å². The monoisotopic (exact) mass is 344 g/mol. The summed E-state index contributed by atoms with van der Waals surface area (Å²) < 4.78 is 5.69. The van der Waals surface area contributed by atoms with Gasteiger partial charge in [-0.1, -0.05) is 35.9 Å². The molecule has 1 N–H and O–H groups in total. The summed E-state index contributed by atoms with van der Waals surface area (Å²) in [6, 6.07) is 15.0. The van der Waals surface area contributed by atoms with Crippen molar-refractivity contribution in [2.75, 3.05) is 23.3 Å². The van der Waals surface area contributed by atoms with Crippen LogP contribution in [-0.2, 0) is 4.79 Å². The van der Waals surface area contributed by atoms with E-state index < -0.39 is 6.10 Å². The molecule has 2 aromatic rings. The van der Waals surface area contributed by atoms with E-state index in [4.69, 9.17) is 16.3 Å². The SMILES string of the molecule is CC(Oc1ccccc1Cl)C(=O)Nc1ccccc1N1CCCC1. The van der Waals surface area contributed by atoms with Crippen molar-refractivity contribution in [1.82, 2.24) is 0 Å². The number of ether oxygens (including phenoxy) is 1. The molecule has 1 aliphatic rings. The third-order valence-corrected chi connectivity index (χ3v) is 4.43. The van der Waals surface area contributed by atoms with Gasteiger partial charge in [-0.2, -0.15) is 0 Å². The van der Waals surface area contributed by atoms with Gasteiger partial charge in [0.05, 0.1) is 16.4 Å². The number of carbonyl (C=O) groups excluding carboxylic acids is 1. The maximum atomic E-state index is 12.5. The van der Waals surface area contributed by atoms with Crippen LogP contribution >= 0.6 is 11.6 Å². The Morgan fingerprint density at radius 3 is 2.54 bits per heavy atom. The highest BCUT2D eigenvalue weighted by molar-refractivity contribution is 6.32. The summed E-state index contributed by atoms with van der Waals surface area (Å²) in [5.41, 5.74) is 1.88. The predicted octanol–water partition coefficient (Wildman–Crippen LogP) is 4.35. The van der Waals surface area contributed by atoms with Gasteiger partial charge in [-0.05, 0) is 44.0 Å². The Morgan fingerprint density at radius 1 is 1.12 bits per heavy atom. The molecular weight excluding hydrogens is 324 g/mol. The van der Waals surface area contributed by atoms with Crippen LogP contribution in [0.2, 0.25) is 5.02 Å². The van der Waals surface area contributed by atoms with Gasteiger partial charge in [0.2, 0.25) is 0 Å². The van der Waals surface area contributed by atoms with Gasteiger partial charge in [0, 0.05) is 13.1 Å². The van der Waals surface area contributed by atoms with Crippen LogP contribution in [0.15, 0.2) is 48.5 Å². The van der Waals surface area contributed by atoms with Gasteiger partial charge in [-0.3, -0.25) is 4.79 Å². The van der Waals surface area contributed by atoms with E-state index in [0.29, 0.717) is 10.8 Å². The van der Waals surface area contributed by atoms with Gasteiger partial charge >= 0.3 is 0 Å². The number of hydrogen-bond acceptors (Lipinski definition) is 3. The number of rotatable bonds is 5. The Labute approximate surface area is 147 Å². The molecule has 5 heteroatoms. The molecule has 1 atom stereocenters. The maximum Gasteiger partial charge on any atom is 0.265 e. The summed E-state index contributed by atoms with van der Waals surface area (Å²) in [6.45, 7) is 3.77. The molecule has 24 heavy (non-hydrogen) atoms. The number of amides is 1. The smallest absolute Gasteiger partial charge is 0.265 e. The molecule has 3 rings (SSSR count). The number of para-hydroxylation sites is 3. The maximum absolute atomic E-state index is 12.5. The second-order valence-electron chi connectivity index (χ2n) is 5.89. The number of anilines is 2. The molecule has 0 aliphatic carbocycles. The van der Waals surface area contributed by atoms with Crippen molar-refractivity contribution in [2.24, 2.45) is 0 Å². The molecule has 126 valence electrons. The average molecular weight is 345 g/mol. The first-order chi connectivity index (χ1) is 11.6. The lowest BCUT2D eigenvalue weighted by atomic mass is 10.2. The van der Waals surface area contributed by atoms with Crippen LogP contribution in [-0.4, -0.2) is 25.1 Å². The molecule has 1 amide bonds. The molecule has 1 unspecified atom stereocenters. The van der Waals surface area contributed by atoms with Gasteiger partial charge in [0.1, 0.15) is 5.75 Å². The lowest BCUT2D eigenvalue weighted by molar-refractivity contribution is -0.122. The first kappa shape index (κ1) is 16.7. The fourth-order valence-corrected chi connectivity index (χ4v) is 3.01. The normalized spacial score (nSPS) is 15.2. The Hall–Kier alpha value is -2.20. The lowest BCUT2D eigenvalue weighted by Gasteiger charge is -2.22. The fourth-order valence-electron chi connectivity index (χ4n) is 2.83. The van der Waals surface area contributed by atoms with E-state index in [-0.39, 0.29) is 5.91 Å². The topological polar surface area (TPSA) is 41.6 Å². The highest BCUT2D eigenvalue weighted by atomic mass is 35.5. The van der Waals surface area contributed by atoms with Crippen LogP contribution in [0.3, 0.4) is 0 Å². The summed E-state index contributed by atoms with van der Waals surface area (Å²) in [6.07, 6.45) is 1.74. The quantitative estimate of drug-likeness (QED) is 0.876. The van der Waals surface area contributed by atoms with Crippen LogP contribution in [0.25, 0.3) is 0 Å². The van der Waals surface area contributed by atoms with E-state index in [9.17, 15) is 4.79 Å². The highest BCUT2D eigenvalue weighted by Crippen LogP contribution is 2.29. The van der Waals surface area contributed by atoms with Crippen LogP contribution in [0.4, 0.5) is 11.4 Å². The van der Waals surface area contributed by atoms with E-state index in [1.165, 1.54) is 12.8 Å². The minimum Gasteiger partial charge on any atom is -0.479 e. The molecule has 0 radical (unpaired) electrons. The zero-order valence-corrected chi connectivity index (χ0v) is 14.4. The molecule has 0 bridgehead atoms. The predicted molar refractivity (Wildman–Crippen MR) is 98.1 cm³/mol. The van der Waals surface area contributed by atoms with Crippen LogP contribution in [0.1, 0.15) is 19.8 Å². The van der Waals surface area contributed by atoms with Gasteiger partial charge in [-0.25, -0.2) is 0 Å². The molecule has 2 aromatic carbocycles. The summed E-state index contributed by atoms with van der Waals surface area (Å²) in [4.78, 5) is 14.8. The summed E-state index contributed by atoms with van der Waals surface area (Å²) in [5.74, 6) is 0.316. The lowest BCUT2D eigenvalue weighted by Crippen LogP contribution is -2.31. The summed E-state index contributed by atoms with van der Waals surface area (Å²) in [7, 11) is 0. The largest absolute Gasteiger partial charge is 0.479 e. The van der Waals surface area contributed by atoms with E-state index in [0.717, 1.165) is 24.5 Å². The van der Waals surface area contributed by atoms with Gasteiger partial charge < -0.3 is 15.0 Å². The number of halogens is 1. The number of nitrogens with one attached hydrogen (secondary N) is 1. The third kappa shape index (κ3) is 3.82. The van der Waals surface area contributed by atoms with Crippen LogP contribution in [0, 0.1) is 0 Å². The van der Waals surface area contributed by atoms with Gasteiger partial charge in [0.25, 0.3) is 5.91 Å². The van der Waals surface area contributed by atoms with Gasteiger partial charge in [0.15, 0.2) is 6.10 Å². The Morgan fingerprint density at radius 2 is 1.79 bits per heavy atom. The summed E-state index contributed by atoms with van der Waals surface area (Å²) in [5, 5.41) is 3.47. The van der Waals surface area contributed by atoms with Crippen LogP contribution in [0.5, 0.6) is 5.75 Å². The number of hydrogen-bond donors (Lipinski definition) is 1. The molecule has 0 aromatic heterocycles. The molecule has 1 fully saturated rings. The summed E-state index contributed by atoms with van der Waals surface area (Å²) >= 11 is 6.08. The van der Waals surface area contributed by atoms with Crippen molar-refractivity contribution in [3.05, 3.63) is 53.6 Å². The Bertz CT molecular complexity index is 714. The number of carbonyl (C=O) groups is 1. The third-order valence-electron chi connectivity index (χ3n) is 4.12. The van der Waals surface area contributed by atoms with E-state index >= 15 is 0 Å². The fraction of sp³-hybridized carbons (Fsp3) is 0.316. The minimum absolute atomic E-state index is 0.193. The standard InChI is InChI=1S/C19H21ClN2O2/c1-14(24-18-11-5-2-8-15(18)20)19(23)21-16-9-3-4-10-17(16)22-12-6-7-13-22/h2-5,8-11,14H,6-7,12-13H2,1H3,(H,21,23). The second-order valence-corrected chi connectivity index (χ2v) is 6.30. The molecule has 0 saturated carbocycles. The van der Waals surface area contributed by atoms with Crippen molar-refractivity contribution in [3.8, 4) is 5.75 Å². The van der Waals surface area contributed by atoms with Crippen LogP contribution < -0.4 is 15.0 Å². The Kier molecular flexibility index (Phi) is 5.26.